The van der Waals surface area contributed by atoms with E-state index in [1.807, 2.05) is 6.07 Å². The van der Waals surface area contributed by atoms with Crippen molar-refractivity contribution in [1.82, 2.24) is 20.3 Å². The molecule has 0 unspecified atom stereocenters. The van der Waals surface area contributed by atoms with E-state index in [0.29, 0.717) is 24.4 Å². The van der Waals surface area contributed by atoms with Gasteiger partial charge in [0.15, 0.2) is 0 Å². The molecule has 0 bridgehead atoms. The number of benzene rings is 1. The molecule has 0 saturated heterocycles. The number of ether oxygens (including phenoxy) is 1. The number of hydrogen-bond donors (Lipinski definition) is 1. The number of halogens is 1. The maximum Gasteiger partial charge on any atom is 0.128 e. The van der Waals surface area contributed by atoms with Crippen molar-refractivity contribution in [1.29, 1.82) is 0 Å². The standard InChI is InChI=1S/C13H17FN4O/c1-10-3-4-12(7-13(10)14)18-9-11(16-17-18)8-15-5-6-19-2/h3-4,7,9,15H,5-6,8H2,1-2H3. The number of nitrogens with one attached hydrogen (secondary N) is 1. The lowest BCUT2D eigenvalue weighted by atomic mass is 10.2. The van der Waals surface area contributed by atoms with E-state index >= 15 is 0 Å². The van der Waals surface area contributed by atoms with Crippen LogP contribution in [0.2, 0.25) is 0 Å². The van der Waals surface area contributed by atoms with Crippen LogP contribution >= 0.6 is 0 Å². The first-order valence-electron chi connectivity index (χ1n) is 6.08. The molecule has 2 rings (SSSR count). The zero-order valence-electron chi connectivity index (χ0n) is 11.1. The van der Waals surface area contributed by atoms with Gasteiger partial charge in [-0.1, -0.05) is 11.3 Å². The first kappa shape index (κ1) is 13.6. The predicted octanol–water partition coefficient (Wildman–Crippen LogP) is 1.45. The lowest BCUT2D eigenvalue weighted by molar-refractivity contribution is 0.199. The minimum atomic E-state index is -0.243. The summed E-state index contributed by atoms with van der Waals surface area (Å²) in [5, 5.41) is 11.2. The predicted molar refractivity (Wildman–Crippen MR) is 69.6 cm³/mol. The highest BCUT2D eigenvalue weighted by atomic mass is 19.1. The number of nitrogens with zero attached hydrogens (tertiary/aromatic N) is 3. The molecule has 0 radical (unpaired) electrons. The topological polar surface area (TPSA) is 52.0 Å². The highest BCUT2D eigenvalue weighted by Gasteiger charge is 2.05. The number of aryl methyl sites for hydroxylation is 1. The van der Waals surface area contributed by atoms with Crippen LogP contribution in [0.3, 0.4) is 0 Å². The quantitative estimate of drug-likeness (QED) is 0.802. The third kappa shape index (κ3) is 3.59. The lowest BCUT2D eigenvalue weighted by Crippen LogP contribution is -2.18. The fourth-order valence-electron chi connectivity index (χ4n) is 1.62. The summed E-state index contributed by atoms with van der Waals surface area (Å²) >= 11 is 0. The maximum absolute atomic E-state index is 13.5. The monoisotopic (exact) mass is 264 g/mol. The van der Waals surface area contributed by atoms with Gasteiger partial charge >= 0.3 is 0 Å². The number of methoxy groups -OCH3 is 1. The molecule has 1 N–H and O–H groups in total. The van der Waals surface area contributed by atoms with Crippen molar-refractivity contribution < 1.29 is 9.13 Å². The number of aromatic nitrogens is 3. The Balaban J connectivity index is 2.01. The van der Waals surface area contributed by atoms with Crippen LogP contribution in [0.5, 0.6) is 0 Å². The largest absolute Gasteiger partial charge is 0.383 e. The zero-order chi connectivity index (χ0) is 13.7. The van der Waals surface area contributed by atoms with Crippen molar-refractivity contribution in [3.8, 4) is 5.69 Å². The second-order valence-corrected chi connectivity index (χ2v) is 4.26. The van der Waals surface area contributed by atoms with E-state index in [-0.39, 0.29) is 5.82 Å². The fourth-order valence-corrected chi connectivity index (χ4v) is 1.62. The van der Waals surface area contributed by atoms with E-state index in [9.17, 15) is 4.39 Å². The molecule has 5 nitrogen and oxygen atoms in total. The van der Waals surface area contributed by atoms with Gasteiger partial charge in [-0.25, -0.2) is 9.07 Å². The molecule has 0 atom stereocenters. The molecule has 102 valence electrons. The van der Waals surface area contributed by atoms with Gasteiger partial charge < -0.3 is 10.1 Å². The highest BCUT2D eigenvalue weighted by Crippen LogP contribution is 2.12. The first-order chi connectivity index (χ1) is 9.20. The molecular formula is C13H17FN4O. The molecule has 0 amide bonds. The Morgan fingerprint density at radius 3 is 3.00 bits per heavy atom. The summed E-state index contributed by atoms with van der Waals surface area (Å²) in [6.07, 6.45) is 1.78. The second kappa shape index (κ2) is 6.40. The van der Waals surface area contributed by atoms with Gasteiger partial charge in [0.2, 0.25) is 0 Å². The van der Waals surface area contributed by atoms with Crippen LogP contribution in [0.25, 0.3) is 5.69 Å². The molecular weight excluding hydrogens is 247 g/mol. The molecule has 6 heteroatoms. The summed E-state index contributed by atoms with van der Waals surface area (Å²) in [6.45, 7) is 3.74. The molecule has 1 heterocycles. The van der Waals surface area contributed by atoms with Gasteiger partial charge in [0.05, 0.1) is 24.2 Å². The van der Waals surface area contributed by atoms with E-state index in [0.717, 1.165) is 12.2 Å². The van der Waals surface area contributed by atoms with Gasteiger partial charge in [0.1, 0.15) is 5.82 Å². The third-order valence-corrected chi connectivity index (χ3v) is 2.75. The molecule has 2 aromatic rings. The van der Waals surface area contributed by atoms with E-state index in [4.69, 9.17) is 4.74 Å². The van der Waals surface area contributed by atoms with Crippen LogP contribution in [0.4, 0.5) is 4.39 Å². The van der Waals surface area contributed by atoms with Gasteiger partial charge in [0.25, 0.3) is 0 Å². The Labute approximate surface area is 111 Å². The molecule has 0 fully saturated rings. The molecule has 0 spiro atoms. The Bertz CT molecular complexity index is 541. The molecule has 1 aromatic carbocycles. The van der Waals surface area contributed by atoms with E-state index in [1.165, 1.54) is 6.07 Å². The van der Waals surface area contributed by atoms with Gasteiger partial charge in [-0.2, -0.15) is 0 Å². The summed E-state index contributed by atoms with van der Waals surface area (Å²) in [5.74, 6) is -0.243. The Kier molecular flexibility index (Phi) is 4.59. The molecule has 1 aromatic heterocycles. The summed E-state index contributed by atoms with van der Waals surface area (Å²) in [7, 11) is 1.66. The fraction of sp³-hybridized carbons (Fsp3) is 0.385. The molecule has 0 saturated carbocycles. The highest BCUT2D eigenvalue weighted by molar-refractivity contribution is 5.34. The van der Waals surface area contributed by atoms with Crippen LogP contribution in [-0.2, 0) is 11.3 Å². The smallest absolute Gasteiger partial charge is 0.128 e. The normalized spacial score (nSPS) is 10.9. The average molecular weight is 264 g/mol. The summed E-state index contributed by atoms with van der Waals surface area (Å²) < 4.78 is 20.0. The van der Waals surface area contributed by atoms with Gasteiger partial charge in [-0.3, -0.25) is 0 Å². The van der Waals surface area contributed by atoms with Crippen molar-refractivity contribution >= 4 is 0 Å². The first-order valence-corrected chi connectivity index (χ1v) is 6.08. The second-order valence-electron chi connectivity index (χ2n) is 4.26. The molecule has 0 aliphatic rings. The summed E-state index contributed by atoms with van der Waals surface area (Å²) in [4.78, 5) is 0. The molecule has 0 aliphatic carbocycles. The Morgan fingerprint density at radius 1 is 1.42 bits per heavy atom. The van der Waals surface area contributed by atoms with Gasteiger partial charge in [-0.05, 0) is 24.6 Å². The van der Waals surface area contributed by atoms with Crippen molar-refractivity contribution in [2.75, 3.05) is 20.3 Å². The van der Waals surface area contributed by atoms with Gasteiger partial charge in [-0.15, -0.1) is 5.10 Å². The zero-order valence-corrected chi connectivity index (χ0v) is 11.1. The summed E-state index contributed by atoms with van der Waals surface area (Å²) in [6, 6.07) is 4.99. The molecule has 19 heavy (non-hydrogen) atoms. The lowest BCUT2D eigenvalue weighted by Gasteiger charge is -2.02. The van der Waals surface area contributed by atoms with Gasteiger partial charge in [0, 0.05) is 20.2 Å². The summed E-state index contributed by atoms with van der Waals surface area (Å²) in [5.41, 5.74) is 2.08. The van der Waals surface area contributed by atoms with E-state index < -0.39 is 0 Å². The van der Waals surface area contributed by atoms with Crippen molar-refractivity contribution in [2.45, 2.75) is 13.5 Å². The number of hydrogen-bond acceptors (Lipinski definition) is 4. The minimum absolute atomic E-state index is 0.243. The van der Waals surface area contributed by atoms with Crippen LogP contribution in [0, 0.1) is 12.7 Å². The Hall–Kier alpha value is -1.79. The van der Waals surface area contributed by atoms with Crippen LogP contribution in [-0.4, -0.2) is 35.3 Å². The Morgan fingerprint density at radius 2 is 2.26 bits per heavy atom. The van der Waals surface area contributed by atoms with E-state index in [2.05, 4.69) is 15.6 Å². The van der Waals surface area contributed by atoms with Crippen molar-refractivity contribution in [3.63, 3.8) is 0 Å². The minimum Gasteiger partial charge on any atom is -0.383 e. The SMILES string of the molecule is COCCNCc1cn(-c2ccc(C)c(F)c2)nn1. The number of rotatable bonds is 6. The van der Waals surface area contributed by atoms with Crippen molar-refractivity contribution in [3.05, 3.63) is 41.5 Å². The molecule has 0 aliphatic heterocycles. The third-order valence-electron chi connectivity index (χ3n) is 2.75. The maximum atomic E-state index is 13.5. The van der Waals surface area contributed by atoms with E-state index in [1.54, 1.807) is 31.0 Å². The van der Waals surface area contributed by atoms with Crippen molar-refractivity contribution in [2.24, 2.45) is 0 Å². The van der Waals surface area contributed by atoms with Crippen LogP contribution in [0.15, 0.2) is 24.4 Å². The van der Waals surface area contributed by atoms with Crippen LogP contribution in [0.1, 0.15) is 11.3 Å². The van der Waals surface area contributed by atoms with Crippen LogP contribution < -0.4 is 5.32 Å². The average Bonchev–Trinajstić information content (AvgIpc) is 2.87.